The van der Waals surface area contributed by atoms with Gasteiger partial charge in [-0.2, -0.15) is 0 Å². The quantitative estimate of drug-likeness (QED) is 0.190. The molecule has 1 amide bonds. The molecular formula is C35H28BrFN4O2. The van der Waals surface area contributed by atoms with Crippen LogP contribution in [-0.4, -0.2) is 27.0 Å². The number of nitrogens with zero attached hydrogens (tertiary/aromatic N) is 3. The van der Waals surface area contributed by atoms with E-state index in [0.717, 1.165) is 43.6 Å². The van der Waals surface area contributed by atoms with E-state index < -0.39 is 0 Å². The Morgan fingerprint density at radius 3 is 2.53 bits per heavy atom. The highest BCUT2D eigenvalue weighted by Crippen LogP contribution is 2.29. The maximum atomic E-state index is 13.8. The zero-order valence-electron chi connectivity index (χ0n) is 23.9. The summed E-state index contributed by atoms with van der Waals surface area (Å²) >= 11 is 3.53. The van der Waals surface area contributed by atoms with Crippen molar-refractivity contribution in [3.05, 3.63) is 118 Å². The highest BCUT2D eigenvalue weighted by Gasteiger charge is 2.16. The zero-order valence-corrected chi connectivity index (χ0v) is 25.4. The number of benzene rings is 4. The first-order chi connectivity index (χ1) is 20.8. The van der Waals surface area contributed by atoms with Crippen LogP contribution < -0.4 is 10.1 Å². The molecule has 1 N–H and O–H groups in total. The van der Waals surface area contributed by atoms with Gasteiger partial charge in [0.25, 0.3) is 5.91 Å². The van der Waals surface area contributed by atoms with Gasteiger partial charge in [0, 0.05) is 34.2 Å². The summed E-state index contributed by atoms with van der Waals surface area (Å²) in [6, 6.07) is 25.7. The van der Waals surface area contributed by atoms with Crippen molar-refractivity contribution in [2.24, 2.45) is 7.05 Å². The standard InChI is InChI=1S/C35H28BrFN4O2/c1-4-43-27-12-6-22(7-13-27)5-11-26-20-29(28-18-24(36)9-15-31(28)38-26)35(42)40-30-14-8-23(17-21(30)2)34-39-32-19-25(37)10-16-33(32)41(34)3/h5-20H,4H2,1-3H3,(H,40,42)/b11-5+. The fraction of sp³-hybridized carbons (Fsp3) is 0.114. The van der Waals surface area contributed by atoms with Crippen molar-refractivity contribution < 1.29 is 13.9 Å². The number of amides is 1. The number of aromatic nitrogens is 3. The number of fused-ring (bicyclic) bond motifs is 2. The lowest BCUT2D eigenvalue weighted by atomic mass is 10.0. The number of rotatable bonds is 7. The van der Waals surface area contributed by atoms with Crippen molar-refractivity contribution in [2.75, 3.05) is 11.9 Å². The van der Waals surface area contributed by atoms with Crippen LogP contribution in [0.3, 0.4) is 0 Å². The molecule has 0 radical (unpaired) electrons. The molecule has 0 saturated carbocycles. The van der Waals surface area contributed by atoms with Crippen LogP contribution in [0.4, 0.5) is 10.1 Å². The Kier molecular flexibility index (Phi) is 7.78. The Hall–Kier alpha value is -4.82. The Morgan fingerprint density at radius 2 is 1.77 bits per heavy atom. The summed E-state index contributed by atoms with van der Waals surface area (Å²) in [4.78, 5) is 23.1. The van der Waals surface area contributed by atoms with E-state index in [1.54, 1.807) is 12.1 Å². The Bertz CT molecular complexity index is 2030. The molecule has 0 aliphatic heterocycles. The molecule has 2 heterocycles. The summed E-state index contributed by atoms with van der Waals surface area (Å²) in [5, 5.41) is 3.83. The third kappa shape index (κ3) is 5.92. The molecular weight excluding hydrogens is 607 g/mol. The number of aryl methyl sites for hydroxylation is 2. The van der Waals surface area contributed by atoms with Gasteiger partial charge in [-0.25, -0.2) is 14.4 Å². The van der Waals surface area contributed by atoms with E-state index in [1.807, 2.05) is 98.3 Å². The number of nitrogens with one attached hydrogen (secondary N) is 1. The van der Waals surface area contributed by atoms with Gasteiger partial charge < -0.3 is 14.6 Å². The minimum atomic E-state index is -0.322. The number of hydrogen-bond donors (Lipinski definition) is 1. The SMILES string of the molecule is CCOc1ccc(/C=C/c2cc(C(=O)Nc3ccc(-c4nc5cc(F)ccc5n4C)cc3C)c3cc(Br)ccc3n2)cc1. The second-order valence-electron chi connectivity index (χ2n) is 10.2. The van der Waals surface area contributed by atoms with Gasteiger partial charge in [-0.15, -0.1) is 0 Å². The van der Waals surface area contributed by atoms with Crippen LogP contribution in [0.15, 0.2) is 89.4 Å². The molecule has 0 saturated heterocycles. The molecule has 6 aromatic rings. The first-order valence-electron chi connectivity index (χ1n) is 13.8. The minimum Gasteiger partial charge on any atom is -0.494 e. The van der Waals surface area contributed by atoms with Gasteiger partial charge in [-0.05, 0) is 97.8 Å². The average Bonchev–Trinajstić information content (AvgIpc) is 3.32. The number of ether oxygens (including phenoxy) is 1. The van der Waals surface area contributed by atoms with Crippen molar-refractivity contribution in [3.63, 3.8) is 0 Å². The summed E-state index contributed by atoms with van der Waals surface area (Å²) in [5.41, 5.74) is 6.75. The van der Waals surface area contributed by atoms with Crippen molar-refractivity contribution in [2.45, 2.75) is 13.8 Å². The van der Waals surface area contributed by atoms with E-state index in [-0.39, 0.29) is 11.7 Å². The number of halogens is 2. The topological polar surface area (TPSA) is 69.0 Å². The second-order valence-corrected chi connectivity index (χ2v) is 11.1. The van der Waals surface area contributed by atoms with E-state index in [0.29, 0.717) is 34.6 Å². The Labute approximate surface area is 257 Å². The number of pyridine rings is 1. The third-order valence-corrected chi connectivity index (χ3v) is 7.74. The summed E-state index contributed by atoms with van der Waals surface area (Å²) in [6.07, 6.45) is 3.86. The van der Waals surface area contributed by atoms with Crippen LogP contribution in [0, 0.1) is 12.7 Å². The fourth-order valence-electron chi connectivity index (χ4n) is 5.08. The van der Waals surface area contributed by atoms with E-state index in [4.69, 9.17) is 9.72 Å². The molecule has 4 aromatic carbocycles. The van der Waals surface area contributed by atoms with Crippen LogP contribution >= 0.6 is 15.9 Å². The van der Waals surface area contributed by atoms with Gasteiger partial charge in [0.1, 0.15) is 17.4 Å². The number of carbonyl (C=O) groups is 1. The maximum absolute atomic E-state index is 13.8. The molecule has 2 aromatic heterocycles. The summed E-state index contributed by atoms with van der Waals surface area (Å²) < 4.78 is 22.1. The Morgan fingerprint density at radius 1 is 0.953 bits per heavy atom. The number of hydrogen-bond acceptors (Lipinski definition) is 4. The second kappa shape index (κ2) is 11.8. The number of carbonyl (C=O) groups excluding carboxylic acids is 1. The summed E-state index contributed by atoms with van der Waals surface area (Å²) in [5.74, 6) is 0.975. The van der Waals surface area contributed by atoms with Crippen molar-refractivity contribution in [1.82, 2.24) is 14.5 Å². The molecule has 0 aliphatic carbocycles. The Balaban J connectivity index is 1.30. The lowest BCUT2D eigenvalue weighted by Gasteiger charge is -2.13. The number of imidazole rings is 1. The van der Waals surface area contributed by atoms with Crippen molar-refractivity contribution >= 4 is 61.6 Å². The normalized spacial score (nSPS) is 11.5. The van der Waals surface area contributed by atoms with E-state index in [9.17, 15) is 9.18 Å². The van der Waals surface area contributed by atoms with Gasteiger partial charge in [0.2, 0.25) is 0 Å². The zero-order chi connectivity index (χ0) is 30.1. The number of anilines is 1. The van der Waals surface area contributed by atoms with Gasteiger partial charge in [-0.3, -0.25) is 4.79 Å². The first kappa shape index (κ1) is 28.3. The molecule has 6 nitrogen and oxygen atoms in total. The van der Waals surface area contributed by atoms with Crippen molar-refractivity contribution in [1.29, 1.82) is 0 Å². The van der Waals surface area contributed by atoms with E-state index >= 15 is 0 Å². The fourth-order valence-corrected chi connectivity index (χ4v) is 5.44. The molecule has 0 aliphatic rings. The maximum Gasteiger partial charge on any atom is 0.256 e. The molecule has 43 heavy (non-hydrogen) atoms. The third-order valence-electron chi connectivity index (χ3n) is 7.25. The predicted molar refractivity (Wildman–Crippen MR) is 175 cm³/mol. The molecule has 214 valence electrons. The summed E-state index contributed by atoms with van der Waals surface area (Å²) in [6.45, 7) is 4.51. The predicted octanol–water partition coefficient (Wildman–Crippen LogP) is 8.82. The minimum absolute atomic E-state index is 0.240. The van der Waals surface area contributed by atoms with E-state index in [1.165, 1.54) is 12.1 Å². The molecule has 0 bridgehead atoms. The first-order valence-corrected chi connectivity index (χ1v) is 14.6. The van der Waals surface area contributed by atoms with Crippen molar-refractivity contribution in [3.8, 4) is 17.1 Å². The van der Waals surface area contributed by atoms with Crippen LogP contribution in [0.25, 0.3) is 45.5 Å². The molecule has 0 atom stereocenters. The van der Waals surface area contributed by atoms with Gasteiger partial charge in [0.15, 0.2) is 0 Å². The highest BCUT2D eigenvalue weighted by atomic mass is 79.9. The van der Waals surface area contributed by atoms with Gasteiger partial charge in [-0.1, -0.05) is 34.1 Å². The summed E-state index contributed by atoms with van der Waals surface area (Å²) in [7, 11) is 1.90. The molecule has 8 heteroatoms. The molecule has 0 spiro atoms. The largest absolute Gasteiger partial charge is 0.494 e. The van der Waals surface area contributed by atoms with Crippen LogP contribution in [0.2, 0.25) is 0 Å². The lowest BCUT2D eigenvalue weighted by Crippen LogP contribution is -2.14. The molecule has 0 fully saturated rings. The van der Waals surface area contributed by atoms with Gasteiger partial charge >= 0.3 is 0 Å². The highest BCUT2D eigenvalue weighted by molar-refractivity contribution is 9.10. The van der Waals surface area contributed by atoms with Crippen LogP contribution in [0.1, 0.15) is 34.1 Å². The molecule has 0 unspecified atom stereocenters. The monoisotopic (exact) mass is 634 g/mol. The van der Waals surface area contributed by atoms with Gasteiger partial charge in [0.05, 0.1) is 34.4 Å². The van der Waals surface area contributed by atoms with E-state index in [2.05, 4.69) is 26.2 Å². The lowest BCUT2D eigenvalue weighted by molar-refractivity contribution is 0.102. The molecule has 6 rings (SSSR count). The smallest absolute Gasteiger partial charge is 0.256 e. The average molecular weight is 636 g/mol. The van der Waals surface area contributed by atoms with Crippen LogP contribution in [0.5, 0.6) is 5.75 Å². The van der Waals surface area contributed by atoms with Crippen LogP contribution in [-0.2, 0) is 7.05 Å².